The van der Waals surface area contributed by atoms with Crippen LogP contribution in [0.4, 0.5) is 5.69 Å². The number of amides is 2. The molecular formula is C16H24ClN3O4. The van der Waals surface area contributed by atoms with Crippen molar-refractivity contribution >= 4 is 29.9 Å². The fourth-order valence-corrected chi connectivity index (χ4v) is 2.39. The zero-order chi connectivity index (χ0) is 16.7. The van der Waals surface area contributed by atoms with Crippen molar-refractivity contribution in [2.24, 2.45) is 5.73 Å². The first-order chi connectivity index (χ1) is 11.2. The van der Waals surface area contributed by atoms with Gasteiger partial charge in [-0.25, -0.2) is 0 Å². The summed E-state index contributed by atoms with van der Waals surface area (Å²) in [4.78, 5) is 26.4. The average Bonchev–Trinajstić information content (AvgIpc) is 2.60. The molecule has 7 nitrogen and oxygen atoms in total. The number of morpholine rings is 1. The van der Waals surface area contributed by atoms with Gasteiger partial charge in [0, 0.05) is 26.7 Å². The van der Waals surface area contributed by atoms with Crippen LogP contribution in [0.3, 0.4) is 0 Å². The Morgan fingerprint density at radius 2 is 2.00 bits per heavy atom. The zero-order valence-electron chi connectivity index (χ0n) is 13.7. The van der Waals surface area contributed by atoms with Crippen molar-refractivity contribution in [3.8, 4) is 0 Å². The molecule has 0 saturated carbocycles. The molecule has 134 valence electrons. The highest BCUT2D eigenvalue weighted by Gasteiger charge is 2.22. The highest BCUT2D eigenvalue weighted by molar-refractivity contribution is 6.03. The van der Waals surface area contributed by atoms with Gasteiger partial charge >= 0.3 is 0 Å². The first kappa shape index (κ1) is 20.4. The Kier molecular flexibility index (Phi) is 8.70. The minimum atomic E-state index is -0.336. The molecular weight excluding hydrogens is 334 g/mol. The van der Waals surface area contributed by atoms with Gasteiger partial charge in [-0.05, 0) is 12.1 Å². The number of ether oxygens (including phenoxy) is 2. The second-order valence-electron chi connectivity index (χ2n) is 5.30. The van der Waals surface area contributed by atoms with E-state index in [1.807, 2.05) is 0 Å². The van der Waals surface area contributed by atoms with E-state index in [9.17, 15) is 9.59 Å². The van der Waals surface area contributed by atoms with Crippen LogP contribution < -0.4 is 11.1 Å². The van der Waals surface area contributed by atoms with Crippen LogP contribution in [0, 0.1) is 0 Å². The molecule has 1 atom stereocenters. The van der Waals surface area contributed by atoms with E-state index < -0.39 is 0 Å². The van der Waals surface area contributed by atoms with Crippen molar-refractivity contribution in [2.75, 3.05) is 45.3 Å². The minimum Gasteiger partial charge on any atom is -0.380 e. The molecule has 1 aromatic carbocycles. The summed E-state index contributed by atoms with van der Waals surface area (Å²) in [6.07, 6.45) is -0.190. The molecule has 24 heavy (non-hydrogen) atoms. The van der Waals surface area contributed by atoms with E-state index >= 15 is 0 Å². The minimum absolute atomic E-state index is 0. The number of carbonyl (C=O) groups is 2. The van der Waals surface area contributed by atoms with Crippen LogP contribution in [-0.4, -0.2) is 62.8 Å². The maximum absolute atomic E-state index is 12.6. The molecule has 0 spiro atoms. The van der Waals surface area contributed by atoms with Crippen LogP contribution in [0.15, 0.2) is 24.3 Å². The number of carbonyl (C=O) groups excluding carboxylic acids is 2. The van der Waals surface area contributed by atoms with Gasteiger partial charge in [0.05, 0.1) is 37.0 Å². The summed E-state index contributed by atoms with van der Waals surface area (Å²) < 4.78 is 10.4. The predicted molar refractivity (Wildman–Crippen MR) is 93.5 cm³/mol. The summed E-state index contributed by atoms with van der Waals surface area (Å²) in [5, 5.41) is 2.78. The Hall–Kier alpha value is -1.67. The Morgan fingerprint density at radius 1 is 1.33 bits per heavy atom. The molecule has 1 saturated heterocycles. The largest absolute Gasteiger partial charge is 0.380 e. The summed E-state index contributed by atoms with van der Waals surface area (Å²) in [6, 6.07) is 6.99. The SMILES string of the molecule is COC(CN)CC(=O)Nc1ccccc1C(=O)N1CCOCC1.Cl. The van der Waals surface area contributed by atoms with Crippen LogP contribution >= 0.6 is 12.4 Å². The lowest BCUT2D eigenvalue weighted by Gasteiger charge is -2.27. The fraction of sp³-hybridized carbons (Fsp3) is 0.500. The monoisotopic (exact) mass is 357 g/mol. The molecule has 2 amide bonds. The van der Waals surface area contributed by atoms with Gasteiger partial charge in [0.25, 0.3) is 5.91 Å². The van der Waals surface area contributed by atoms with Crippen LogP contribution in [0.5, 0.6) is 0 Å². The third-order valence-corrected chi connectivity index (χ3v) is 3.74. The molecule has 3 N–H and O–H groups in total. The third-order valence-electron chi connectivity index (χ3n) is 3.74. The molecule has 0 aromatic heterocycles. The topological polar surface area (TPSA) is 93.9 Å². The standard InChI is InChI=1S/C16H23N3O4.ClH/c1-22-12(11-17)10-15(20)18-14-5-3-2-4-13(14)16(21)19-6-8-23-9-7-19;/h2-5,12H,6-11,17H2,1H3,(H,18,20);1H. The number of anilines is 1. The normalized spacial score (nSPS) is 15.3. The number of methoxy groups -OCH3 is 1. The van der Waals surface area contributed by atoms with Gasteiger partial charge in [-0.1, -0.05) is 12.1 Å². The van der Waals surface area contributed by atoms with Gasteiger partial charge < -0.3 is 25.4 Å². The summed E-state index contributed by atoms with van der Waals surface area (Å²) >= 11 is 0. The smallest absolute Gasteiger partial charge is 0.256 e. The molecule has 8 heteroatoms. The second-order valence-corrected chi connectivity index (χ2v) is 5.30. The quantitative estimate of drug-likeness (QED) is 0.788. The molecule has 1 unspecified atom stereocenters. The van der Waals surface area contributed by atoms with Gasteiger partial charge in [0.15, 0.2) is 0 Å². The van der Waals surface area contributed by atoms with Crippen molar-refractivity contribution in [1.29, 1.82) is 0 Å². The molecule has 1 aromatic rings. The molecule has 1 aliphatic heterocycles. The van der Waals surface area contributed by atoms with Crippen molar-refractivity contribution in [1.82, 2.24) is 4.90 Å². The fourth-order valence-electron chi connectivity index (χ4n) is 2.39. The Balaban J connectivity index is 0.00000288. The van der Waals surface area contributed by atoms with E-state index in [4.69, 9.17) is 15.2 Å². The summed E-state index contributed by atoms with van der Waals surface area (Å²) in [5.41, 5.74) is 6.50. The van der Waals surface area contributed by atoms with Crippen molar-refractivity contribution < 1.29 is 19.1 Å². The van der Waals surface area contributed by atoms with Gasteiger partial charge in [-0.3, -0.25) is 9.59 Å². The van der Waals surface area contributed by atoms with Crippen LogP contribution in [-0.2, 0) is 14.3 Å². The van der Waals surface area contributed by atoms with E-state index in [1.54, 1.807) is 29.2 Å². The number of nitrogens with zero attached hydrogens (tertiary/aromatic N) is 1. The van der Waals surface area contributed by atoms with Crippen molar-refractivity contribution in [3.05, 3.63) is 29.8 Å². The first-order valence-electron chi connectivity index (χ1n) is 7.64. The van der Waals surface area contributed by atoms with E-state index in [0.717, 1.165) is 0 Å². The maximum atomic E-state index is 12.6. The lowest BCUT2D eigenvalue weighted by molar-refractivity contribution is -0.118. The summed E-state index contributed by atoms with van der Waals surface area (Å²) in [6.45, 7) is 2.44. The Labute approximate surface area is 147 Å². The number of benzene rings is 1. The predicted octanol–water partition coefficient (Wildman–Crippen LogP) is 0.883. The van der Waals surface area contributed by atoms with Crippen LogP contribution in [0.2, 0.25) is 0 Å². The summed E-state index contributed by atoms with van der Waals surface area (Å²) in [5.74, 6) is -0.337. The highest BCUT2D eigenvalue weighted by atomic mass is 35.5. The van der Waals surface area contributed by atoms with E-state index in [0.29, 0.717) is 37.6 Å². The number of rotatable bonds is 6. The Bertz CT molecular complexity index is 546. The number of hydrogen-bond donors (Lipinski definition) is 2. The van der Waals surface area contributed by atoms with Crippen LogP contribution in [0.25, 0.3) is 0 Å². The molecule has 1 aliphatic rings. The number of para-hydroxylation sites is 1. The van der Waals surface area contributed by atoms with E-state index in [1.165, 1.54) is 7.11 Å². The molecule has 0 aliphatic carbocycles. The third kappa shape index (κ3) is 5.45. The van der Waals surface area contributed by atoms with Crippen molar-refractivity contribution in [3.63, 3.8) is 0 Å². The number of nitrogens with one attached hydrogen (secondary N) is 1. The number of nitrogens with two attached hydrogens (primary N) is 1. The number of halogens is 1. The maximum Gasteiger partial charge on any atom is 0.256 e. The molecule has 1 heterocycles. The van der Waals surface area contributed by atoms with Crippen molar-refractivity contribution in [2.45, 2.75) is 12.5 Å². The second kappa shape index (κ2) is 10.2. The highest BCUT2D eigenvalue weighted by Crippen LogP contribution is 2.18. The Morgan fingerprint density at radius 3 is 2.62 bits per heavy atom. The van der Waals surface area contributed by atoms with Gasteiger partial charge in [0.1, 0.15) is 0 Å². The number of hydrogen-bond acceptors (Lipinski definition) is 5. The summed E-state index contributed by atoms with van der Waals surface area (Å²) in [7, 11) is 1.51. The lowest BCUT2D eigenvalue weighted by atomic mass is 10.1. The zero-order valence-corrected chi connectivity index (χ0v) is 14.5. The molecule has 2 rings (SSSR count). The van der Waals surface area contributed by atoms with E-state index in [-0.39, 0.29) is 43.3 Å². The molecule has 0 radical (unpaired) electrons. The van der Waals surface area contributed by atoms with E-state index in [2.05, 4.69) is 5.32 Å². The molecule has 1 fully saturated rings. The van der Waals surface area contributed by atoms with Gasteiger partial charge in [-0.15, -0.1) is 12.4 Å². The van der Waals surface area contributed by atoms with Gasteiger partial charge in [-0.2, -0.15) is 0 Å². The van der Waals surface area contributed by atoms with Crippen LogP contribution in [0.1, 0.15) is 16.8 Å². The molecule has 0 bridgehead atoms. The van der Waals surface area contributed by atoms with Gasteiger partial charge in [0.2, 0.25) is 5.91 Å². The first-order valence-corrected chi connectivity index (χ1v) is 7.64. The average molecular weight is 358 g/mol. The lowest BCUT2D eigenvalue weighted by Crippen LogP contribution is -2.41.